The SMILES string of the molecule is CCC12C=CC(C1)C(CO)C2CO. The molecule has 0 aromatic rings. The van der Waals surface area contributed by atoms with E-state index in [4.69, 9.17) is 0 Å². The summed E-state index contributed by atoms with van der Waals surface area (Å²) in [5.41, 5.74) is 0.201. The van der Waals surface area contributed by atoms with Crippen molar-refractivity contribution in [1.82, 2.24) is 0 Å². The van der Waals surface area contributed by atoms with Crippen LogP contribution < -0.4 is 0 Å². The first-order valence-electron chi connectivity index (χ1n) is 5.18. The van der Waals surface area contributed by atoms with Gasteiger partial charge in [0.25, 0.3) is 0 Å². The summed E-state index contributed by atoms with van der Waals surface area (Å²) < 4.78 is 0. The van der Waals surface area contributed by atoms with Crippen LogP contribution in [0.2, 0.25) is 0 Å². The van der Waals surface area contributed by atoms with Crippen LogP contribution in [0.4, 0.5) is 0 Å². The summed E-state index contributed by atoms with van der Waals surface area (Å²) >= 11 is 0. The fourth-order valence-electron chi connectivity index (χ4n) is 3.29. The molecule has 0 aromatic heterocycles. The van der Waals surface area contributed by atoms with E-state index in [0.717, 1.165) is 12.8 Å². The van der Waals surface area contributed by atoms with E-state index in [9.17, 15) is 10.2 Å². The second-order valence-corrected chi connectivity index (χ2v) is 4.45. The molecule has 2 N–H and O–H groups in total. The van der Waals surface area contributed by atoms with E-state index in [0.29, 0.717) is 11.8 Å². The topological polar surface area (TPSA) is 40.5 Å². The fraction of sp³-hybridized carbons (Fsp3) is 0.818. The van der Waals surface area contributed by atoms with Gasteiger partial charge in [-0.05, 0) is 36.0 Å². The zero-order chi connectivity index (χ0) is 9.47. The lowest BCUT2D eigenvalue weighted by atomic mass is 9.72. The number of aliphatic hydroxyl groups is 2. The van der Waals surface area contributed by atoms with E-state index >= 15 is 0 Å². The van der Waals surface area contributed by atoms with Gasteiger partial charge in [0.15, 0.2) is 0 Å². The summed E-state index contributed by atoms with van der Waals surface area (Å²) in [5, 5.41) is 18.6. The number of fused-ring (bicyclic) bond motifs is 2. The highest BCUT2D eigenvalue weighted by Crippen LogP contribution is 2.57. The fourth-order valence-corrected chi connectivity index (χ4v) is 3.29. The molecule has 2 aliphatic rings. The summed E-state index contributed by atoms with van der Waals surface area (Å²) in [6.45, 7) is 2.62. The number of allylic oxidation sites excluding steroid dienone is 2. The molecular formula is C11H18O2. The predicted octanol–water partition coefficient (Wildman–Crippen LogP) is 1.19. The van der Waals surface area contributed by atoms with Gasteiger partial charge in [0.05, 0.1) is 0 Å². The van der Waals surface area contributed by atoms with E-state index in [1.165, 1.54) is 0 Å². The largest absolute Gasteiger partial charge is 0.396 e. The molecule has 2 heteroatoms. The Kier molecular flexibility index (Phi) is 2.20. The van der Waals surface area contributed by atoms with Gasteiger partial charge < -0.3 is 10.2 Å². The molecule has 0 amide bonds. The van der Waals surface area contributed by atoms with Gasteiger partial charge in [0.2, 0.25) is 0 Å². The zero-order valence-electron chi connectivity index (χ0n) is 8.11. The minimum atomic E-state index is 0.201. The van der Waals surface area contributed by atoms with Crippen molar-refractivity contribution in [2.45, 2.75) is 19.8 Å². The van der Waals surface area contributed by atoms with E-state index in [1.54, 1.807) is 0 Å². The first-order chi connectivity index (χ1) is 6.27. The Balaban J connectivity index is 2.26. The predicted molar refractivity (Wildman–Crippen MR) is 51.1 cm³/mol. The molecule has 4 atom stereocenters. The van der Waals surface area contributed by atoms with Crippen LogP contribution in [-0.4, -0.2) is 23.4 Å². The molecule has 1 saturated carbocycles. The first-order valence-corrected chi connectivity index (χ1v) is 5.18. The molecule has 13 heavy (non-hydrogen) atoms. The van der Waals surface area contributed by atoms with Crippen molar-refractivity contribution in [2.75, 3.05) is 13.2 Å². The Bertz CT molecular complexity index is 224. The van der Waals surface area contributed by atoms with Gasteiger partial charge in [-0.15, -0.1) is 0 Å². The Morgan fingerprint density at radius 3 is 2.69 bits per heavy atom. The first kappa shape index (κ1) is 9.22. The summed E-state index contributed by atoms with van der Waals surface area (Å²) in [6.07, 6.45) is 6.73. The maximum atomic E-state index is 9.34. The molecule has 4 unspecified atom stereocenters. The summed E-state index contributed by atoms with van der Waals surface area (Å²) in [5.74, 6) is 1.11. The van der Waals surface area contributed by atoms with E-state index < -0.39 is 0 Å². The highest BCUT2D eigenvalue weighted by molar-refractivity contribution is 5.20. The van der Waals surface area contributed by atoms with E-state index in [2.05, 4.69) is 19.1 Å². The van der Waals surface area contributed by atoms with Crippen molar-refractivity contribution >= 4 is 0 Å². The number of hydrogen-bond donors (Lipinski definition) is 2. The minimum absolute atomic E-state index is 0.201. The average molecular weight is 182 g/mol. The number of hydrogen-bond acceptors (Lipinski definition) is 2. The Hall–Kier alpha value is -0.340. The maximum absolute atomic E-state index is 9.34. The van der Waals surface area contributed by atoms with Crippen molar-refractivity contribution in [3.8, 4) is 0 Å². The van der Waals surface area contributed by atoms with Crippen LogP contribution in [0.5, 0.6) is 0 Å². The third-order valence-electron chi connectivity index (χ3n) is 4.16. The van der Waals surface area contributed by atoms with E-state index in [-0.39, 0.29) is 24.5 Å². The summed E-state index contributed by atoms with van der Waals surface area (Å²) in [7, 11) is 0. The highest BCUT2D eigenvalue weighted by atomic mass is 16.3. The second kappa shape index (κ2) is 3.10. The van der Waals surface area contributed by atoms with Crippen LogP contribution in [0.1, 0.15) is 19.8 Å². The maximum Gasteiger partial charge on any atom is 0.0471 e. The molecule has 2 nitrogen and oxygen atoms in total. The van der Waals surface area contributed by atoms with Gasteiger partial charge >= 0.3 is 0 Å². The Morgan fingerprint density at radius 2 is 2.15 bits per heavy atom. The van der Waals surface area contributed by atoms with Crippen LogP contribution in [0, 0.1) is 23.2 Å². The lowest BCUT2D eigenvalue weighted by Gasteiger charge is -2.33. The smallest absolute Gasteiger partial charge is 0.0471 e. The highest BCUT2D eigenvalue weighted by Gasteiger charge is 2.52. The van der Waals surface area contributed by atoms with Gasteiger partial charge in [0, 0.05) is 13.2 Å². The lowest BCUT2D eigenvalue weighted by molar-refractivity contribution is 0.0783. The quantitative estimate of drug-likeness (QED) is 0.644. The molecule has 0 saturated heterocycles. The van der Waals surface area contributed by atoms with Crippen molar-refractivity contribution < 1.29 is 10.2 Å². The van der Waals surface area contributed by atoms with Crippen LogP contribution in [-0.2, 0) is 0 Å². The Morgan fingerprint density at radius 1 is 1.38 bits per heavy atom. The van der Waals surface area contributed by atoms with Crippen molar-refractivity contribution in [3.05, 3.63) is 12.2 Å². The van der Waals surface area contributed by atoms with Gasteiger partial charge in [-0.1, -0.05) is 19.1 Å². The van der Waals surface area contributed by atoms with Crippen LogP contribution >= 0.6 is 0 Å². The van der Waals surface area contributed by atoms with Crippen LogP contribution in [0.15, 0.2) is 12.2 Å². The lowest BCUT2D eigenvalue weighted by Crippen LogP contribution is -2.32. The molecule has 0 aromatic carbocycles. The second-order valence-electron chi connectivity index (χ2n) is 4.45. The van der Waals surface area contributed by atoms with Crippen molar-refractivity contribution in [1.29, 1.82) is 0 Å². The molecule has 2 rings (SSSR count). The van der Waals surface area contributed by atoms with Crippen molar-refractivity contribution in [3.63, 3.8) is 0 Å². The van der Waals surface area contributed by atoms with Crippen molar-refractivity contribution in [2.24, 2.45) is 23.2 Å². The molecule has 0 spiro atoms. The average Bonchev–Trinajstić information content (AvgIpc) is 2.72. The summed E-state index contributed by atoms with van der Waals surface area (Å²) in [6, 6.07) is 0. The van der Waals surface area contributed by atoms with E-state index in [1.807, 2.05) is 0 Å². The molecule has 2 bridgehead atoms. The third kappa shape index (κ3) is 1.09. The molecule has 1 fully saturated rings. The minimum Gasteiger partial charge on any atom is -0.396 e. The third-order valence-corrected chi connectivity index (χ3v) is 4.16. The monoisotopic (exact) mass is 182 g/mol. The molecule has 2 aliphatic carbocycles. The molecule has 0 radical (unpaired) electrons. The van der Waals surface area contributed by atoms with Crippen LogP contribution in [0.25, 0.3) is 0 Å². The van der Waals surface area contributed by atoms with Gasteiger partial charge in [-0.25, -0.2) is 0 Å². The summed E-state index contributed by atoms with van der Waals surface area (Å²) in [4.78, 5) is 0. The number of aliphatic hydroxyl groups excluding tert-OH is 2. The van der Waals surface area contributed by atoms with Gasteiger partial charge in [-0.2, -0.15) is 0 Å². The Labute approximate surface area is 79.3 Å². The van der Waals surface area contributed by atoms with Crippen LogP contribution in [0.3, 0.4) is 0 Å². The normalized spacial score (nSPS) is 47.5. The molecule has 0 heterocycles. The zero-order valence-corrected chi connectivity index (χ0v) is 8.11. The number of rotatable bonds is 3. The van der Waals surface area contributed by atoms with Gasteiger partial charge in [0.1, 0.15) is 0 Å². The van der Waals surface area contributed by atoms with Gasteiger partial charge in [-0.3, -0.25) is 0 Å². The molecule has 74 valence electrons. The molecular weight excluding hydrogens is 164 g/mol. The molecule has 0 aliphatic heterocycles. The standard InChI is InChI=1S/C11H18O2/c1-2-11-4-3-8(5-11)9(6-12)10(11)7-13/h3-4,8-10,12-13H,2,5-7H2,1H3.